The van der Waals surface area contributed by atoms with Gasteiger partial charge in [0.1, 0.15) is 34.3 Å². The molecule has 2 aromatic carbocycles. The molecule has 9 nitrogen and oxygen atoms in total. The Morgan fingerprint density at radius 3 is 2.68 bits per heavy atom. The molecule has 0 amide bonds. The monoisotopic (exact) mass is 549 g/mol. The van der Waals surface area contributed by atoms with E-state index in [1.807, 2.05) is 4.57 Å². The van der Waals surface area contributed by atoms with Gasteiger partial charge in [-0.25, -0.2) is 27.2 Å². The van der Waals surface area contributed by atoms with Gasteiger partial charge in [0.15, 0.2) is 5.82 Å². The standard InChI is InChI=1S/C24H22ClF2N5O4S/c1-35-19-10-17(26)20(9-16(19)25)37(33,34)31-18-4-2-3-14(22(18)27)15-11-32(13-5-7-36-8-6-13)24-21(15)23(28)29-12-30-24/h2-4,9-13,31H,5-8H2,1H3,(H2,28,29,30). The lowest BCUT2D eigenvalue weighted by atomic mass is 10.0. The van der Waals surface area contributed by atoms with Crippen molar-refractivity contribution in [2.45, 2.75) is 23.8 Å². The number of aromatic nitrogens is 3. The van der Waals surface area contributed by atoms with Gasteiger partial charge in [-0.1, -0.05) is 23.7 Å². The minimum atomic E-state index is -4.55. The minimum Gasteiger partial charge on any atom is -0.495 e. The molecule has 0 bridgehead atoms. The molecule has 0 radical (unpaired) electrons. The van der Waals surface area contributed by atoms with E-state index in [0.717, 1.165) is 25.0 Å². The van der Waals surface area contributed by atoms with Crippen molar-refractivity contribution in [3.63, 3.8) is 0 Å². The second-order valence-electron chi connectivity index (χ2n) is 8.44. The van der Waals surface area contributed by atoms with Crippen molar-refractivity contribution < 1.29 is 26.7 Å². The maximum atomic E-state index is 15.8. The Labute approximate surface area is 216 Å². The van der Waals surface area contributed by atoms with Crippen molar-refractivity contribution in [2.24, 2.45) is 0 Å². The molecule has 1 saturated heterocycles. The summed E-state index contributed by atoms with van der Waals surface area (Å²) < 4.78 is 70.8. The molecular formula is C24H22ClF2N5O4S. The number of methoxy groups -OCH3 is 1. The number of halogens is 3. The van der Waals surface area contributed by atoms with Gasteiger partial charge < -0.3 is 19.8 Å². The quantitative estimate of drug-likeness (QED) is 0.355. The summed E-state index contributed by atoms with van der Waals surface area (Å²) in [5.41, 5.74) is 6.80. The van der Waals surface area contributed by atoms with Gasteiger partial charge in [0.05, 0.1) is 23.2 Å². The third-order valence-electron chi connectivity index (χ3n) is 6.25. The fourth-order valence-electron chi connectivity index (χ4n) is 4.45. The van der Waals surface area contributed by atoms with Crippen LogP contribution in [0.25, 0.3) is 22.2 Å². The zero-order valence-electron chi connectivity index (χ0n) is 19.5. The van der Waals surface area contributed by atoms with Gasteiger partial charge in [0.2, 0.25) is 0 Å². The molecule has 13 heteroatoms. The lowest BCUT2D eigenvalue weighted by molar-refractivity contribution is 0.0706. The SMILES string of the molecule is COc1cc(F)c(S(=O)(=O)Nc2cccc(-c3cn(C4CCOCC4)c4ncnc(N)c34)c2F)cc1Cl. The molecule has 0 saturated carbocycles. The molecule has 0 spiro atoms. The number of nitrogen functional groups attached to an aromatic ring is 1. The topological polar surface area (TPSA) is 121 Å². The Morgan fingerprint density at radius 1 is 1.19 bits per heavy atom. The summed E-state index contributed by atoms with van der Waals surface area (Å²) in [6.45, 7) is 1.16. The van der Waals surface area contributed by atoms with E-state index in [0.29, 0.717) is 29.8 Å². The van der Waals surface area contributed by atoms with Crippen molar-refractivity contribution in [3.8, 4) is 16.9 Å². The molecule has 0 aliphatic carbocycles. The molecule has 0 atom stereocenters. The predicted molar refractivity (Wildman–Crippen MR) is 135 cm³/mol. The van der Waals surface area contributed by atoms with Crippen molar-refractivity contribution >= 4 is 44.2 Å². The molecule has 2 aromatic heterocycles. The number of nitrogens with one attached hydrogen (secondary N) is 1. The summed E-state index contributed by atoms with van der Waals surface area (Å²) in [5, 5.41) is 0.329. The van der Waals surface area contributed by atoms with Gasteiger partial charge in [-0.15, -0.1) is 0 Å². The van der Waals surface area contributed by atoms with E-state index >= 15 is 4.39 Å². The van der Waals surface area contributed by atoms with Gasteiger partial charge in [0.25, 0.3) is 10.0 Å². The highest BCUT2D eigenvalue weighted by Gasteiger charge is 2.26. The van der Waals surface area contributed by atoms with Crippen LogP contribution in [0.5, 0.6) is 5.75 Å². The molecule has 4 aromatic rings. The van der Waals surface area contributed by atoms with Crippen LogP contribution in [0.3, 0.4) is 0 Å². The van der Waals surface area contributed by atoms with Crippen LogP contribution >= 0.6 is 11.6 Å². The molecule has 194 valence electrons. The van der Waals surface area contributed by atoms with Gasteiger partial charge in [-0.2, -0.15) is 0 Å². The molecular weight excluding hydrogens is 528 g/mol. The highest BCUT2D eigenvalue weighted by molar-refractivity contribution is 7.92. The number of nitrogens with two attached hydrogens (primary N) is 1. The van der Waals surface area contributed by atoms with E-state index in [1.165, 1.54) is 31.6 Å². The fourth-order valence-corrected chi connectivity index (χ4v) is 5.90. The van der Waals surface area contributed by atoms with Crippen LogP contribution in [0, 0.1) is 11.6 Å². The number of ether oxygens (including phenoxy) is 2. The summed E-state index contributed by atoms with van der Waals surface area (Å²) in [5.74, 6) is -1.85. The number of nitrogens with zero attached hydrogens (tertiary/aromatic N) is 3. The van der Waals surface area contributed by atoms with Gasteiger partial charge >= 0.3 is 0 Å². The Balaban J connectivity index is 1.59. The van der Waals surface area contributed by atoms with Crippen LogP contribution in [0.2, 0.25) is 5.02 Å². The normalized spacial score (nSPS) is 14.7. The lowest BCUT2D eigenvalue weighted by Gasteiger charge is -2.24. The summed E-state index contributed by atoms with van der Waals surface area (Å²) in [4.78, 5) is 7.69. The third-order valence-corrected chi connectivity index (χ3v) is 7.93. The second kappa shape index (κ2) is 9.77. The largest absolute Gasteiger partial charge is 0.495 e. The first-order valence-corrected chi connectivity index (χ1v) is 13.1. The zero-order valence-corrected chi connectivity index (χ0v) is 21.1. The number of benzene rings is 2. The van der Waals surface area contributed by atoms with Gasteiger partial charge in [-0.05, 0) is 25.0 Å². The summed E-state index contributed by atoms with van der Waals surface area (Å²) in [6.07, 6.45) is 4.56. The summed E-state index contributed by atoms with van der Waals surface area (Å²) >= 11 is 5.99. The zero-order chi connectivity index (χ0) is 26.3. The van der Waals surface area contributed by atoms with Crippen LogP contribution in [-0.4, -0.2) is 43.3 Å². The molecule has 1 aliphatic rings. The van der Waals surface area contributed by atoms with E-state index in [4.69, 9.17) is 26.8 Å². The maximum absolute atomic E-state index is 15.8. The Morgan fingerprint density at radius 2 is 1.95 bits per heavy atom. The van der Waals surface area contributed by atoms with Crippen LogP contribution in [0.4, 0.5) is 20.3 Å². The highest BCUT2D eigenvalue weighted by atomic mass is 35.5. The maximum Gasteiger partial charge on any atom is 0.264 e. The molecule has 37 heavy (non-hydrogen) atoms. The number of rotatable bonds is 6. The smallest absolute Gasteiger partial charge is 0.264 e. The number of sulfonamides is 1. The van der Waals surface area contributed by atoms with E-state index in [2.05, 4.69) is 14.7 Å². The number of hydrogen-bond donors (Lipinski definition) is 2. The van der Waals surface area contributed by atoms with Gasteiger partial charge in [0, 0.05) is 42.6 Å². The first-order chi connectivity index (χ1) is 17.7. The summed E-state index contributed by atoms with van der Waals surface area (Å²) in [7, 11) is -3.28. The van der Waals surface area contributed by atoms with Gasteiger partial charge in [-0.3, -0.25) is 4.72 Å². The number of anilines is 2. The number of hydrogen-bond acceptors (Lipinski definition) is 7. The van der Waals surface area contributed by atoms with Crippen LogP contribution in [0.15, 0.2) is 47.8 Å². The highest BCUT2D eigenvalue weighted by Crippen LogP contribution is 2.39. The van der Waals surface area contributed by atoms with Crippen LogP contribution in [-0.2, 0) is 14.8 Å². The molecule has 0 unspecified atom stereocenters. The predicted octanol–water partition coefficient (Wildman–Crippen LogP) is 4.77. The van der Waals surface area contributed by atoms with E-state index < -0.39 is 26.6 Å². The van der Waals surface area contributed by atoms with E-state index in [9.17, 15) is 12.8 Å². The first-order valence-electron chi connectivity index (χ1n) is 11.2. The molecule has 5 rings (SSSR count). The van der Waals surface area contributed by atoms with Crippen molar-refractivity contribution in [1.29, 1.82) is 0 Å². The Kier molecular flexibility index (Phi) is 6.65. The fraction of sp³-hybridized carbons (Fsp3) is 0.250. The molecule has 3 N–H and O–H groups in total. The minimum absolute atomic E-state index is 0.0352. The average molecular weight is 550 g/mol. The second-order valence-corrected chi connectivity index (χ2v) is 10.5. The Hall–Kier alpha value is -3.48. The van der Waals surface area contributed by atoms with Crippen molar-refractivity contribution in [1.82, 2.24) is 14.5 Å². The molecule has 1 fully saturated rings. The van der Waals surface area contributed by atoms with E-state index in [1.54, 1.807) is 6.20 Å². The third kappa shape index (κ3) is 4.56. The molecule has 1 aliphatic heterocycles. The van der Waals surface area contributed by atoms with Crippen LogP contribution in [0.1, 0.15) is 18.9 Å². The Bertz CT molecular complexity index is 1610. The average Bonchev–Trinajstić information content (AvgIpc) is 3.27. The van der Waals surface area contributed by atoms with Crippen LogP contribution < -0.4 is 15.2 Å². The summed E-state index contributed by atoms with van der Waals surface area (Å²) in [6, 6.07) is 6.01. The van der Waals surface area contributed by atoms with Crippen molar-refractivity contribution in [3.05, 3.63) is 59.5 Å². The first kappa shape index (κ1) is 25.2. The molecule has 3 heterocycles. The number of fused-ring (bicyclic) bond motifs is 1. The lowest BCUT2D eigenvalue weighted by Crippen LogP contribution is -2.19. The van der Waals surface area contributed by atoms with E-state index in [-0.39, 0.29) is 33.9 Å². The van der Waals surface area contributed by atoms with Crippen molar-refractivity contribution in [2.75, 3.05) is 30.8 Å².